The maximum absolute atomic E-state index is 8.74. The lowest BCUT2D eigenvalue weighted by molar-refractivity contribution is 0.380. The van der Waals surface area contributed by atoms with E-state index in [1.54, 1.807) is 18.5 Å². The number of nitrogens with zero attached hydrogens (tertiary/aromatic N) is 2. The number of hydrogen-bond donors (Lipinski definition) is 4. The predicted molar refractivity (Wildman–Crippen MR) is 49.6 cm³/mol. The minimum atomic E-state index is -4.67. The Morgan fingerprint density at radius 3 is 1.40 bits per heavy atom. The van der Waals surface area contributed by atoms with E-state index < -0.39 is 18.7 Å². The van der Waals surface area contributed by atoms with E-state index in [4.69, 9.17) is 31.9 Å². The maximum atomic E-state index is 8.74. The van der Waals surface area contributed by atoms with Crippen molar-refractivity contribution >= 4 is 18.7 Å². The Labute approximate surface area is 86.0 Å². The molecule has 0 spiro atoms. The van der Waals surface area contributed by atoms with Crippen molar-refractivity contribution in [3.8, 4) is 0 Å². The van der Waals surface area contributed by atoms with Crippen molar-refractivity contribution in [2.24, 2.45) is 0 Å². The van der Waals surface area contributed by atoms with E-state index in [9.17, 15) is 0 Å². The Kier molecular flexibility index (Phi) is 10.6. The topological polar surface area (TPSA) is 158 Å². The molecule has 0 atom stereocenters. The molecule has 0 aliphatic carbocycles. The van der Waals surface area contributed by atoms with Gasteiger partial charge in [0, 0.05) is 12.4 Å². The fourth-order valence-electron chi connectivity index (χ4n) is 0.253. The van der Waals surface area contributed by atoms with E-state index in [0.717, 1.165) is 0 Å². The highest BCUT2D eigenvalue weighted by atomic mass is 32.3. The van der Waals surface area contributed by atoms with Gasteiger partial charge in [-0.3, -0.25) is 13.7 Å². The zero-order chi connectivity index (χ0) is 12.3. The molecule has 88 valence electrons. The summed E-state index contributed by atoms with van der Waals surface area (Å²) in [5, 5.41) is 0. The van der Waals surface area contributed by atoms with Gasteiger partial charge in [0.15, 0.2) is 0 Å². The monoisotopic (exact) mass is 260 g/mol. The maximum Gasteiger partial charge on any atom is 0.394 e. The Bertz CT molecular complexity index is 316. The second-order valence-corrected chi connectivity index (χ2v) is 3.10. The molecular formula is C4H9N2O7PS. The van der Waals surface area contributed by atoms with Crippen LogP contribution in [0.15, 0.2) is 24.8 Å². The smallest absolute Gasteiger partial charge is 0.326 e. The minimum Gasteiger partial charge on any atom is -0.326 e. The molecule has 0 bridgehead atoms. The summed E-state index contributed by atoms with van der Waals surface area (Å²) in [4.78, 5) is 21.7. The van der Waals surface area contributed by atoms with Gasteiger partial charge < -0.3 is 9.79 Å². The molecular weight excluding hydrogens is 251 g/mol. The van der Waals surface area contributed by atoms with Crippen molar-refractivity contribution in [1.82, 2.24) is 9.97 Å². The molecule has 0 saturated heterocycles. The second kappa shape index (κ2) is 9.65. The Balaban J connectivity index is 0. The summed E-state index contributed by atoms with van der Waals surface area (Å²) in [6, 6.07) is 1.78. The van der Waals surface area contributed by atoms with Crippen LogP contribution in [-0.4, -0.2) is 37.3 Å². The molecule has 9 nitrogen and oxygen atoms in total. The number of rotatable bonds is 0. The molecule has 0 radical (unpaired) electrons. The van der Waals surface area contributed by atoms with Gasteiger partial charge in [0.25, 0.3) is 0 Å². The predicted octanol–water partition coefficient (Wildman–Crippen LogP) is -0.816. The quantitative estimate of drug-likeness (QED) is 0.345. The van der Waals surface area contributed by atoms with E-state index in [2.05, 4.69) is 9.97 Å². The van der Waals surface area contributed by atoms with Crippen LogP contribution in [0.25, 0.3) is 0 Å². The largest absolute Gasteiger partial charge is 0.394 e. The molecule has 11 heteroatoms. The summed E-state index contributed by atoms with van der Waals surface area (Å²) in [5.74, 6) is 0. The highest BCUT2D eigenvalue weighted by Gasteiger charge is 1.84. The summed E-state index contributed by atoms with van der Waals surface area (Å²) in [7, 11) is -7.80. The van der Waals surface area contributed by atoms with Gasteiger partial charge >= 0.3 is 18.7 Å². The van der Waals surface area contributed by atoms with Crippen molar-refractivity contribution in [2.75, 3.05) is 0 Å². The molecule has 0 aliphatic rings. The van der Waals surface area contributed by atoms with Crippen molar-refractivity contribution in [3.63, 3.8) is 0 Å². The standard InChI is InChI=1S/C4H4N2.H2O4S.H3O3P/c1-2-5-4-6-3-1;1-5(2,3)4;1-4(2)3/h1-4H;(H2,1,2,3,4);4H,(H2,1,2,3). The molecule has 1 aromatic heterocycles. The Morgan fingerprint density at radius 2 is 1.33 bits per heavy atom. The second-order valence-electron chi connectivity index (χ2n) is 1.63. The molecule has 0 aromatic carbocycles. The van der Waals surface area contributed by atoms with E-state index in [-0.39, 0.29) is 0 Å². The SMILES string of the molecule is O=S(=O)(O)O.O=[PH](O)O.c1cncnc1. The number of aromatic nitrogens is 2. The zero-order valence-corrected chi connectivity index (χ0v) is 8.94. The molecule has 0 unspecified atom stereocenters. The third-order valence-electron chi connectivity index (χ3n) is 0.478. The summed E-state index contributed by atoms with van der Waals surface area (Å²) in [5.41, 5.74) is 0. The molecule has 4 N–H and O–H groups in total. The first-order valence-electron chi connectivity index (χ1n) is 3.05. The van der Waals surface area contributed by atoms with Gasteiger partial charge in [0.1, 0.15) is 6.33 Å². The van der Waals surface area contributed by atoms with E-state index in [1.165, 1.54) is 6.33 Å². The van der Waals surface area contributed by atoms with Gasteiger partial charge in [-0.05, 0) is 6.07 Å². The highest BCUT2D eigenvalue weighted by molar-refractivity contribution is 7.79. The molecule has 0 fully saturated rings. The van der Waals surface area contributed by atoms with Gasteiger partial charge in [0.2, 0.25) is 0 Å². The summed E-state index contributed by atoms with van der Waals surface area (Å²) in [6.45, 7) is 0. The molecule has 1 aromatic rings. The third-order valence-corrected chi connectivity index (χ3v) is 0.478. The summed E-state index contributed by atoms with van der Waals surface area (Å²) in [6.07, 6.45) is 4.88. The van der Waals surface area contributed by atoms with Gasteiger partial charge in [-0.2, -0.15) is 8.42 Å². The average molecular weight is 260 g/mol. The van der Waals surface area contributed by atoms with Crippen LogP contribution in [0.1, 0.15) is 0 Å². The van der Waals surface area contributed by atoms with Crippen LogP contribution in [0.5, 0.6) is 0 Å². The van der Waals surface area contributed by atoms with Crippen LogP contribution >= 0.6 is 8.25 Å². The van der Waals surface area contributed by atoms with Gasteiger partial charge in [-0.1, -0.05) is 0 Å². The summed E-state index contributed by atoms with van der Waals surface area (Å²) >= 11 is 0. The lowest BCUT2D eigenvalue weighted by Gasteiger charge is -1.70. The fourth-order valence-corrected chi connectivity index (χ4v) is 0.253. The van der Waals surface area contributed by atoms with Gasteiger partial charge in [0.05, 0.1) is 0 Å². The first-order chi connectivity index (χ1) is 6.73. The van der Waals surface area contributed by atoms with Gasteiger partial charge in [-0.15, -0.1) is 0 Å². The van der Waals surface area contributed by atoms with E-state index in [1.807, 2.05) is 0 Å². The average Bonchev–Trinajstić information content (AvgIpc) is 2.03. The van der Waals surface area contributed by atoms with Crippen molar-refractivity contribution in [1.29, 1.82) is 0 Å². The Morgan fingerprint density at radius 1 is 1.07 bits per heavy atom. The molecule has 1 heterocycles. The first-order valence-corrected chi connectivity index (χ1v) is 5.75. The zero-order valence-electron chi connectivity index (χ0n) is 7.13. The molecule has 0 amide bonds. The van der Waals surface area contributed by atoms with Crippen LogP contribution in [-0.2, 0) is 15.0 Å². The van der Waals surface area contributed by atoms with Gasteiger partial charge in [-0.25, -0.2) is 9.97 Å². The van der Waals surface area contributed by atoms with Crippen LogP contribution in [0.4, 0.5) is 0 Å². The molecule has 0 saturated carbocycles. The summed E-state index contributed by atoms with van der Waals surface area (Å²) < 4.78 is 40.3. The molecule has 0 aliphatic heterocycles. The van der Waals surface area contributed by atoms with Crippen LogP contribution in [0.3, 0.4) is 0 Å². The van der Waals surface area contributed by atoms with Crippen LogP contribution in [0, 0.1) is 0 Å². The van der Waals surface area contributed by atoms with Crippen molar-refractivity contribution in [3.05, 3.63) is 24.8 Å². The van der Waals surface area contributed by atoms with Crippen LogP contribution < -0.4 is 0 Å². The van der Waals surface area contributed by atoms with E-state index >= 15 is 0 Å². The molecule has 15 heavy (non-hydrogen) atoms. The Hall–Kier alpha value is -0.900. The number of hydrogen-bond acceptors (Lipinski definition) is 5. The lowest BCUT2D eigenvalue weighted by atomic mass is 10.7. The van der Waals surface area contributed by atoms with Crippen LogP contribution in [0.2, 0.25) is 0 Å². The lowest BCUT2D eigenvalue weighted by Crippen LogP contribution is -1.89. The molecule has 1 rings (SSSR count). The van der Waals surface area contributed by atoms with Crippen molar-refractivity contribution in [2.45, 2.75) is 0 Å². The van der Waals surface area contributed by atoms with E-state index in [0.29, 0.717) is 0 Å². The van der Waals surface area contributed by atoms with Crippen molar-refractivity contribution < 1.29 is 31.9 Å². The fraction of sp³-hybridized carbons (Fsp3) is 0. The first kappa shape index (κ1) is 16.5. The normalized spacial score (nSPS) is 9.40. The minimum absolute atomic E-state index is 1.50. The highest BCUT2D eigenvalue weighted by Crippen LogP contribution is 1.98. The third kappa shape index (κ3) is 62.1.